The van der Waals surface area contributed by atoms with Crippen LogP contribution in [0.2, 0.25) is 0 Å². The van der Waals surface area contributed by atoms with Crippen molar-refractivity contribution in [1.82, 2.24) is 5.01 Å². The molecule has 7 nitrogen and oxygen atoms in total. The Hall–Kier alpha value is -3.91. The molecule has 2 aliphatic rings. The number of rotatable bonds is 6. The van der Waals surface area contributed by atoms with Gasteiger partial charge in [-0.1, -0.05) is 47.7 Å². The molecule has 2 heterocycles. The summed E-state index contributed by atoms with van der Waals surface area (Å²) < 4.78 is 5.30. The van der Waals surface area contributed by atoms with E-state index >= 15 is 0 Å². The molecule has 3 aromatic rings. The number of nitrogens with one attached hydrogen (secondary N) is 1. The van der Waals surface area contributed by atoms with Gasteiger partial charge in [-0.15, -0.1) is 0 Å². The standard InChI is InChI=1S/C30H30N4O3S/c1-18-5-7-22(8-6-18)26-16-25(21-9-11-24(37-4)12-10-21)33-34(26)30-32-29(36)27(38-30)17-28(35)31-23-14-19(2)13-20(3)15-23/h5-15,26-27H,16-17H2,1-4H3,(H,31,35)/t26-,27+/m1/s1. The van der Waals surface area contributed by atoms with Crippen molar-refractivity contribution < 1.29 is 14.3 Å². The Bertz CT molecular complexity index is 1410. The lowest BCUT2D eigenvalue weighted by Crippen LogP contribution is -2.25. The highest BCUT2D eigenvalue weighted by Gasteiger charge is 2.39. The third kappa shape index (κ3) is 5.65. The average Bonchev–Trinajstić information content (AvgIpc) is 3.48. The van der Waals surface area contributed by atoms with Crippen molar-refractivity contribution in [1.29, 1.82) is 0 Å². The zero-order valence-electron chi connectivity index (χ0n) is 21.9. The fraction of sp³-hybridized carbons (Fsp3) is 0.267. The number of amidine groups is 1. The smallest absolute Gasteiger partial charge is 0.262 e. The van der Waals surface area contributed by atoms with Crippen molar-refractivity contribution in [2.45, 2.75) is 44.9 Å². The topological polar surface area (TPSA) is 83.4 Å². The second-order valence-electron chi connectivity index (χ2n) is 9.72. The van der Waals surface area contributed by atoms with Gasteiger partial charge in [0.1, 0.15) is 11.0 Å². The Labute approximate surface area is 227 Å². The minimum absolute atomic E-state index is 0.0432. The van der Waals surface area contributed by atoms with Crippen LogP contribution in [-0.2, 0) is 9.59 Å². The van der Waals surface area contributed by atoms with Gasteiger partial charge in [0, 0.05) is 18.5 Å². The van der Waals surface area contributed by atoms with E-state index in [9.17, 15) is 9.59 Å². The van der Waals surface area contributed by atoms with Crippen LogP contribution in [-0.4, -0.2) is 40.1 Å². The Morgan fingerprint density at radius 1 is 1.00 bits per heavy atom. The molecule has 0 radical (unpaired) electrons. The third-order valence-corrected chi connectivity index (χ3v) is 7.74. The van der Waals surface area contributed by atoms with Crippen molar-refractivity contribution in [3.63, 3.8) is 0 Å². The van der Waals surface area contributed by atoms with Crippen LogP contribution in [0, 0.1) is 20.8 Å². The van der Waals surface area contributed by atoms with E-state index in [1.165, 1.54) is 17.3 Å². The number of thioether (sulfide) groups is 1. The number of amides is 2. The number of hydrazone groups is 1. The molecule has 0 fully saturated rings. The number of benzene rings is 3. The van der Waals surface area contributed by atoms with Gasteiger partial charge >= 0.3 is 0 Å². The molecule has 0 spiro atoms. The summed E-state index contributed by atoms with van der Waals surface area (Å²) in [6.45, 7) is 6.03. The number of anilines is 1. The van der Waals surface area contributed by atoms with Crippen LogP contribution < -0.4 is 10.1 Å². The number of methoxy groups -OCH3 is 1. The Morgan fingerprint density at radius 2 is 1.68 bits per heavy atom. The van der Waals surface area contributed by atoms with Crippen LogP contribution >= 0.6 is 11.8 Å². The molecule has 2 amide bonds. The largest absolute Gasteiger partial charge is 0.497 e. The van der Waals surface area contributed by atoms with E-state index < -0.39 is 5.25 Å². The number of hydrogen-bond acceptors (Lipinski definition) is 6. The summed E-state index contributed by atoms with van der Waals surface area (Å²) in [4.78, 5) is 30.0. The molecule has 5 rings (SSSR count). The van der Waals surface area contributed by atoms with Gasteiger partial charge in [-0.3, -0.25) is 9.59 Å². The molecular formula is C30H30N4O3S. The number of carbonyl (C=O) groups is 2. The van der Waals surface area contributed by atoms with Crippen molar-refractivity contribution >= 4 is 40.1 Å². The van der Waals surface area contributed by atoms with Gasteiger partial charge in [0.2, 0.25) is 5.91 Å². The fourth-order valence-electron chi connectivity index (χ4n) is 4.72. The van der Waals surface area contributed by atoms with Gasteiger partial charge in [-0.05, 0) is 79.4 Å². The fourth-order valence-corrected chi connectivity index (χ4v) is 5.79. The maximum atomic E-state index is 12.9. The molecule has 3 aromatic carbocycles. The second kappa shape index (κ2) is 10.8. The second-order valence-corrected chi connectivity index (χ2v) is 10.9. The quantitative estimate of drug-likeness (QED) is 0.439. The Kier molecular flexibility index (Phi) is 7.33. The Morgan fingerprint density at radius 3 is 2.34 bits per heavy atom. The summed E-state index contributed by atoms with van der Waals surface area (Å²) in [7, 11) is 1.64. The number of aryl methyl sites for hydroxylation is 3. The minimum atomic E-state index is -0.588. The zero-order valence-corrected chi connectivity index (χ0v) is 22.7. The molecule has 1 N–H and O–H groups in total. The van der Waals surface area contributed by atoms with Gasteiger partial charge in [0.15, 0.2) is 5.17 Å². The lowest BCUT2D eigenvalue weighted by molar-refractivity contribution is -0.121. The summed E-state index contributed by atoms with van der Waals surface area (Å²) in [6.07, 6.45) is 0.711. The van der Waals surface area contributed by atoms with E-state index in [-0.39, 0.29) is 24.3 Å². The van der Waals surface area contributed by atoms with Gasteiger partial charge in [-0.25, -0.2) is 5.01 Å². The molecule has 0 saturated heterocycles. The molecule has 38 heavy (non-hydrogen) atoms. The number of ether oxygens (including phenoxy) is 1. The van der Waals surface area contributed by atoms with E-state index in [1.54, 1.807) is 7.11 Å². The zero-order chi connectivity index (χ0) is 26.8. The molecule has 0 bridgehead atoms. The lowest BCUT2D eigenvalue weighted by atomic mass is 9.98. The van der Waals surface area contributed by atoms with Gasteiger partial charge in [0.05, 0.1) is 18.9 Å². The maximum Gasteiger partial charge on any atom is 0.262 e. The summed E-state index contributed by atoms with van der Waals surface area (Å²) >= 11 is 1.30. The van der Waals surface area contributed by atoms with Crippen LogP contribution in [0.1, 0.15) is 46.7 Å². The molecule has 0 aromatic heterocycles. The van der Waals surface area contributed by atoms with Crippen molar-refractivity contribution in [3.05, 3.63) is 94.5 Å². The van der Waals surface area contributed by atoms with E-state index in [4.69, 9.17) is 9.84 Å². The van der Waals surface area contributed by atoms with E-state index in [0.717, 1.165) is 39.4 Å². The Balaban J connectivity index is 1.35. The molecule has 0 saturated carbocycles. The highest BCUT2D eigenvalue weighted by Crippen LogP contribution is 2.39. The van der Waals surface area contributed by atoms with E-state index in [1.807, 2.05) is 61.3 Å². The van der Waals surface area contributed by atoms with E-state index in [2.05, 4.69) is 41.5 Å². The summed E-state index contributed by atoms with van der Waals surface area (Å²) in [5.74, 6) is 0.259. The van der Waals surface area contributed by atoms with Crippen LogP contribution in [0.5, 0.6) is 5.75 Å². The van der Waals surface area contributed by atoms with Crippen molar-refractivity contribution in [2.75, 3.05) is 12.4 Å². The molecule has 2 aliphatic heterocycles. The van der Waals surface area contributed by atoms with Gasteiger partial charge in [0.25, 0.3) is 5.91 Å². The minimum Gasteiger partial charge on any atom is -0.497 e. The maximum absolute atomic E-state index is 12.9. The van der Waals surface area contributed by atoms with E-state index in [0.29, 0.717) is 11.6 Å². The average molecular weight is 527 g/mol. The summed E-state index contributed by atoms with van der Waals surface area (Å²) in [5.41, 5.74) is 7.03. The first kappa shape index (κ1) is 25.7. The SMILES string of the molecule is COc1ccc(C2=NN(C3=NC(=O)[C@H](CC(=O)Nc4cc(C)cc(C)c4)S3)[C@@H](c3ccc(C)cc3)C2)cc1. The van der Waals surface area contributed by atoms with Crippen LogP contribution in [0.3, 0.4) is 0 Å². The lowest BCUT2D eigenvalue weighted by Gasteiger charge is -2.23. The number of hydrogen-bond donors (Lipinski definition) is 1. The number of nitrogens with zero attached hydrogens (tertiary/aromatic N) is 3. The first-order valence-corrected chi connectivity index (χ1v) is 13.4. The van der Waals surface area contributed by atoms with Gasteiger partial charge in [-0.2, -0.15) is 10.1 Å². The molecule has 8 heteroatoms. The summed E-state index contributed by atoms with van der Waals surface area (Å²) in [5, 5.41) is 9.62. The van der Waals surface area contributed by atoms with Gasteiger partial charge < -0.3 is 10.1 Å². The number of carbonyl (C=O) groups excluding carboxylic acids is 2. The normalized spacial score (nSPS) is 18.8. The van der Waals surface area contributed by atoms with Crippen LogP contribution in [0.15, 0.2) is 76.8 Å². The highest BCUT2D eigenvalue weighted by molar-refractivity contribution is 8.15. The molecule has 0 unspecified atom stereocenters. The third-order valence-electron chi connectivity index (χ3n) is 6.60. The molecular weight excluding hydrogens is 496 g/mol. The highest BCUT2D eigenvalue weighted by atomic mass is 32.2. The van der Waals surface area contributed by atoms with Crippen molar-refractivity contribution in [2.24, 2.45) is 10.1 Å². The predicted molar refractivity (Wildman–Crippen MR) is 153 cm³/mol. The van der Waals surface area contributed by atoms with Crippen molar-refractivity contribution in [3.8, 4) is 5.75 Å². The molecule has 2 atom stereocenters. The predicted octanol–water partition coefficient (Wildman–Crippen LogP) is 5.80. The first-order chi connectivity index (χ1) is 18.3. The summed E-state index contributed by atoms with van der Waals surface area (Å²) in [6, 6.07) is 21.9. The molecule has 194 valence electrons. The number of aliphatic imine (C=N–C) groups is 1. The van der Waals surface area contributed by atoms with Crippen LogP contribution in [0.25, 0.3) is 0 Å². The first-order valence-electron chi connectivity index (χ1n) is 12.5. The van der Waals surface area contributed by atoms with Crippen LogP contribution in [0.4, 0.5) is 5.69 Å². The molecule has 0 aliphatic carbocycles. The monoisotopic (exact) mass is 526 g/mol.